The molecule has 0 amide bonds. The molecule has 2 rings (SSSR count). The van der Waals surface area contributed by atoms with Crippen LogP contribution in [-0.2, 0) is 23.1 Å². The minimum atomic E-state index is -3.53. The zero-order valence-electron chi connectivity index (χ0n) is 11.6. The molecule has 1 aromatic heterocycles. The summed E-state index contributed by atoms with van der Waals surface area (Å²) in [6.45, 7) is 3.81. The monoisotopic (exact) mass is 388 g/mol. The summed E-state index contributed by atoms with van der Waals surface area (Å²) in [5.74, 6) is 0. The van der Waals surface area contributed by atoms with Gasteiger partial charge < -0.3 is 5.32 Å². The average molecular weight is 389 g/mol. The minimum Gasteiger partial charge on any atom is -0.313 e. The molecule has 0 atom stereocenters. The quantitative estimate of drug-likeness (QED) is 0.765. The zero-order chi connectivity index (χ0) is 15.3. The lowest BCUT2D eigenvalue weighted by Gasteiger charge is -2.10. The fourth-order valence-electron chi connectivity index (χ4n) is 1.78. The summed E-state index contributed by atoms with van der Waals surface area (Å²) in [5, 5.41) is 7.04. The molecule has 2 N–H and O–H groups in total. The van der Waals surface area contributed by atoms with Crippen LogP contribution in [0.4, 0.5) is 0 Å². The van der Waals surface area contributed by atoms with E-state index >= 15 is 0 Å². The molecule has 0 unspecified atom stereocenters. The van der Waals surface area contributed by atoms with E-state index in [4.69, 9.17) is 0 Å². The van der Waals surface area contributed by atoms with Gasteiger partial charge in [-0.25, -0.2) is 13.1 Å². The molecule has 0 aliphatic rings. The molecule has 2 aromatic rings. The third kappa shape index (κ3) is 4.62. The van der Waals surface area contributed by atoms with E-state index in [1.165, 1.54) is 0 Å². The average Bonchev–Trinajstić information content (AvgIpc) is 2.97. The summed E-state index contributed by atoms with van der Waals surface area (Å²) < 4.78 is 28.0. The third-order valence-corrected chi connectivity index (χ3v) is 6.04. The molecule has 0 aliphatic heterocycles. The van der Waals surface area contributed by atoms with Crippen LogP contribution in [0.25, 0.3) is 0 Å². The van der Waals surface area contributed by atoms with Crippen LogP contribution in [0, 0.1) is 0 Å². The van der Waals surface area contributed by atoms with E-state index in [1.54, 1.807) is 23.5 Å². The molecule has 7 heteroatoms. The number of halogens is 1. The highest BCUT2D eigenvalue weighted by Gasteiger charge is 2.18. The molecule has 21 heavy (non-hydrogen) atoms. The van der Waals surface area contributed by atoms with Gasteiger partial charge in [0, 0.05) is 17.6 Å². The van der Waals surface area contributed by atoms with Gasteiger partial charge in [-0.05, 0) is 62.6 Å². The number of hydrogen-bond acceptors (Lipinski definition) is 4. The Balaban J connectivity index is 2.17. The van der Waals surface area contributed by atoms with E-state index in [1.807, 2.05) is 29.8 Å². The Morgan fingerprint density at radius 2 is 2.00 bits per heavy atom. The van der Waals surface area contributed by atoms with Gasteiger partial charge in [0.25, 0.3) is 0 Å². The molecule has 0 bridgehead atoms. The molecule has 0 saturated carbocycles. The van der Waals surface area contributed by atoms with Gasteiger partial charge in [0.15, 0.2) is 0 Å². The topological polar surface area (TPSA) is 58.2 Å². The Kier molecular flexibility index (Phi) is 5.95. The van der Waals surface area contributed by atoms with Crippen molar-refractivity contribution in [2.24, 2.45) is 0 Å². The van der Waals surface area contributed by atoms with Gasteiger partial charge in [-0.1, -0.05) is 13.0 Å². The lowest BCUT2D eigenvalue weighted by molar-refractivity contribution is 0.580. The second-order valence-electron chi connectivity index (χ2n) is 4.50. The molecular formula is C14H17BrN2O2S2. The summed E-state index contributed by atoms with van der Waals surface area (Å²) in [4.78, 5) is 0.271. The van der Waals surface area contributed by atoms with E-state index in [-0.39, 0.29) is 4.90 Å². The standard InChI is InChI=1S/C14H17BrN2O2S2/c1-2-16-8-11-3-4-13(15)14(7-11)21(18,19)17-9-12-5-6-20-10-12/h3-7,10,16-17H,2,8-9H2,1H3. The van der Waals surface area contributed by atoms with Crippen LogP contribution in [0.2, 0.25) is 0 Å². The first-order chi connectivity index (χ1) is 10.0. The first-order valence-corrected chi connectivity index (χ1v) is 9.74. The minimum absolute atomic E-state index is 0.271. The molecule has 114 valence electrons. The van der Waals surface area contributed by atoms with Crippen LogP contribution in [0.5, 0.6) is 0 Å². The largest absolute Gasteiger partial charge is 0.313 e. The van der Waals surface area contributed by atoms with Crippen molar-refractivity contribution >= 4 is 37.3 Å². The summed E-state index contributed by atoms with van der Waals surface area (Å²) in [5.41, 5.74) is 1.90. The maximum absolute atomic E-state index is 12.4. The number of hydrogen-bond donors (Lipinski definition) is 2. The normalized spacial score (nSPS) is 11.7. The number of benzene rings is 1. The van der Waals surface area contributed by atoms with Crippen molar-refractivity contribution in [1.29, 1.82) is 0 Å². The van der Waals surface area contributed by atoms with Crippen LogP contribution < -0.4 is 10.0 Å². The van der Waals surface area contributed by atoms with Crippen molar-refractivity contribution in [3.8, 4) is 0 Å². The van der Waals surface area contributed by atoms with Crippen molar-refractivity contribution in [2.45, 2.75) is 24.9 Å². The third-order valence-electron chi connectivity index (χ3n) is 2.91. The number of sulfonamides is 1. The smallest absolute Gasteiger partial charge is 0.242 e. The molecule has 0 saturated heterocycles. The Morgan fingerprint density at radius 1 is 1.19 bits per heavy atom. The predicted octanol–water partition coefficient (Wildman–Crippen LogP) is 3.10. The molecule has 0 aliphatic carbocycles. The molecule has 0 radical (unpaired) electrons. The highest BCUT2D eigenvalue weighted by molar-refractivity contribution is 9.10. The van der Waals surface area contributed by atoms with Crippen molar-refractivity contribution in [3.05, 3.63) is 50.6 Å². The van der Waals surface area contributed by atoms with Gasteiger partial charge in [0.2, 0.25) is 10.0 Å². The predicted molar refractivity (Wildman–Crippen MR) is 89.9 cm³/mol. The van der Waals surface area contributed by atoms with E-state index in [0.29, 0.717) is 17.6 Å². The zero-order valence-corrected chi connectivity index (χ0v) is 14.8. The second kappa shape index (κ2) is 7.51. The number of rotatable bonds is 7. The summed E-state index contributed by atoms with van der Waals surface area (Å²) in [6, 6.07) is 7.28. The molecule has 1 heterocycles. The van der Waals surface area contributed by atoms with E-state index in [2.05, 4.69) is 26.0 Å². The Hall–Kier alpha value is -0.730. The van der Waals surface area contributed by atoms with Crippen LogP contribution in [0.15, 0.2) is 44.4 Å². The highest BCUT2D eigenvalue weighted by atomic mass is 79.9. The van der Waals surface area contributed by atoms with Gasteiger partial charge >= 0.3 is 0 Å². The van der Waals surface area contributed by atoms with Crippen LogP contribution in [0.3, 0.4) is 0 Å². The summed E-state index contributed by atoms with van der Waals surface area (Å²) in [6.07, 6.45) is 0. The van der Waals surface area contributed by atoms with Crippen molar-refractivity contribution < 1.29 is 8.42 Å². The molecule has 0 spiro atoms. The Morgan fingerprint density at radius 3 is 2.67 bits per heavy atom. The first-order valence-electron chi connectivity index (χ1n) is 6.53. The van der Waals surface area contributed by atoms with Crippen molar-refractivity contribution in [1.82, 2.24) is 10.0 Å². The van der Waals surface area contributed by atoms with E-state index in [9.17, 15) is 8.42 Å². The maximum atomic E-state index is 12.4. The second-order valence-corrected chi connectivity index (χ2v) is 7.87. The van der Waals surface area contributed by atoms with Crippen LogP contribution in [-0.4, -0.2) is 15.0 Å². The fourth-order valence-corrected chi connectivity index (χ4v) is 4.48. The highest BCUT2D eigenvalue weighted by Crippen LogP contribution is 2.23. The first kappa shape index (κ1) is 16.6. The van der Waals surface area contributed by atoms with Crippen molar-refractivity contribution in [2.75, 3.05) is 6.54 Å². The number of thiophene rings is 1. The van der Waals surface area contributed by atoms with Crippen LogP contribution in [0.1, 0.15) is 18.1 Å². The summed E-state index contributed by atoms with van der Waals surface area (Å²) in [7, 11) is -3.53. The molecule has 1 aromatic carbocycles. The van der Waals surface area contributed by atoms with Gasteiger partial charge in [0.1, 0.15) is 0 Å². The van der Waals surface area contributed by atoms with Gasteiger partial charge in [0.05, 0.1) is 4.90 Å². The fraction of sp³-hybridized carbons (Fsp3) is 0.286. The van der Waals surface area contributed by atoms with E-state index in [0.717, 1.165) is 17.7 Å². The molecule has 0 fully saturated rings. The SMILES string of the molecule is CCNCc1ccc(Br)c(S(=O)(=O)NCc2ccsc2)c1. The lowest BCUT2D eigenvalue weighted by atomic mass is 10.2. The molecular weight excluding hydrogens is 372 g/mol. The number of nitrogens with one attached hydrogen (secondary N) is 2. The van der Waals surface area contributed by atoms with E-state index < -0.39 is 10.0 Å². The van der Waals surface area contributed by atoms with Crippen LogP contribution >= 0.6 is 27.3 Å². The maximum Gasteiger partial charge on any atom is 0.242 e. The van der Waals surface area contributed by atoms with Gasteiger partial charge in [-0.2, -0.15) is 11.3 Å². The Labute approximate surface area is 137 Å². The molecule has 4 nitrogen and oxygen atoms in total. The summed E-state index contributed by atoms with van der Waals surface area (Å²) >= 11 is 4.86. The van der Waals surface area contributed by atoms with Gasteiger partial charge in [-0.3, -0.25) is 0 Å². The van der Waals surface area contributed by atoms with Gasteiger partial charge in [-0.15, -0.1) is 0 Å². The lowest BCUT2D eigenvalue weighted by Crippen LogP contribution is -2.23. The Bertz CT molecular complexity index is 685. The van der Waals surface area contributed by atoms with Crippen molar-refractivity contribution in [3.63, 3.8) is 0 Å².